The smallest absolute Gasteiger partial charge is 0.313 e. The van der Waals surface area contributed by atoms with Gasteiger partial charge in [0.15, 0.2) is 0 Å². The van der Waals surface area contributed by atoms with Crippen molar-refractivity contribution in [3.05, 3.63) is 24.3 Å². The van der Waals surface area contributed by atoms with Gasteiger partial charge in [-0.15, -0.1) is 0 Å². The fraction of sp³-hybridized carbons (Fsp3) is 0.533. The zero-order valence-corrected chi connectivity index (χ0v) is 13.9. The van der Waals surface area contributed by atoms with E-state index < -0.39 is 27.3 Å². The van der Waals surface area contributed by atoms with E-state index in [0.717, 1.165) is 0 Å². The monoisotopic (exact) mass is 344 g/mol. The lowest BCUT2D eigenvalue weighted by Gasteiger charge is -2.33. The number of hydrogen-bond acceptors (Lipinski definition) is 7. The van der Waals surface area contributed by atoms with Gasteiger partial charge in [-0.25, -0.2) is 0 Å². The number of methoxy groups -OCH3 is 2. The van der Waals surface area contributed by atoms with Crippen LogP contribution in [0.4, 0.5) is 0 Å². The van der Waals surface area contributed by atoms with Crippen LogP contribution in [0.2, 0.25) is 0 Å². The fourth-order valence-electron chi connectivity index (χ4n) is 2.53. The average molecular weight is 344 g/mol. The predicted octanol–water partition coefficient (Wildman–Crippen LogP) is 1.37. The number of ether oxygens (including phenoxy) is 3. The summed E-state index contributed by atoms with van der Waals surface area (Å²) in [5, 5.41) is 0. The summed E-state index contributed by atoms with van der Waals surface area (Å²) in [5.41, 5.74) is -1.13. The summed E-state index contributed by atoms with van der Waals surface area (Å²) >= 11 is 0. The molecule has 0 atom stereocenters. The Bertz CT molecular complexity index is 630. The van der Waals surface area contributed by atoms with Gasteiger partial charge in [0.1, 0.15) is 17.3 Å². The van der Waals surface area contributed by atoms with Gasteiger partial charge in [-0.2, -0.15) is 8.42 Å². The Labute approximate surface area is 135 Å². The molecule has 1 saturated heterocycles. The molecule has 0 unspecified atom stereocenters. The topological polar surface area (TPSA) is 88.1 Å². The number of benzene rings is 1. The van der Waals surface area contributed by atoms with Crippen molar-refractivity contribution in [1.29, 1.82) is 0 Å². The van der Waals surface area contributed by atoms with Crippen LogP contribution in [-0.2, 0) is 24.4 Å². The molecular weight excluding hydrogens is 324 g/mol. The second-order valence-electron chi connectivity index (χ2n) is 5.35. The summed E-state index contributed by atoms with van der Waals surface area (Å²) in [6.45, 7) is 0.625. The summed E-state index contributed by atoms with van der Waals surface area (Å²) < 4.78 is 44.8. The normalized spacial score (nSPS) is 17.3. The predicted molar refractivity (Wildman–Crippen MR) is 81.9 cm³/mol. The molecule has 0 amide bonds. The van der Waals surface area contributed by atoms with E-state index in [1.807, 2.05) is 0 Å². The first kappa shape index (κ1) is 17.6. The lowest BCUT2D eigenvalue weighted by atomic mass is 9.82. The molecule has 1 aromatic carbocycles. The van der Waals surface area contributed by atoms with Crippen molar-refractivity contribution in [3.8, 4) is 11.5 Å². The van der Waals surface area contributed by atoms with Crippen molar-refractivity contribution in [3.63, 3.8) is 0 Å². The van der Waals surface area contributed by atoms with Gasteiger partial charge in [0.05, 0.1) is 19.6 Å². The highest BCUT2D eigenvalue weighted by Crippen LogP contribution is 2.34. The van der Waals surface area contributed by atoms with Crippen LogP contribution in [0.3, 0.4) is 0 Å². The molecule has 0 saturated carbocycles. The first-order valence-electron chi connectivity index (χ1n) is 7.13. The third-order valence-corrected chi connectivity index (χ3v) is 5.16. The van der Waals surface area contributed by atoms with Crippen LogP contribution in [0.5, 0.6) is 11.5 Å². The van der Waals surface area contributed by atoms with Gasteiger partial charge in [-0.3, -0.25) is 4.79 Å². The van der Waals surface area contributed by atoms with Crippen LogP contribution in [0, 0.1) is 5.41 Å². The van der Waals surface area contributed by atoms with Crippen LogP contribution >= 0.6 is 0 Å². The average Bonchev–Trinajstić information content (AvgIpc) is 2.54. The van der Waals surface area contributed by atoms with Crippen LogP contribution in [-0.4, -0.2) is 47.6 Å². The van der Waals surface area contributed by atoms with Crippen molar-refractivity contribution < 1.29 is 31.6 Å². The molecule has 23 heavy (non-hydrogen) atoms. The highest BCUT2D eigenvalue weighted by Gasteiger charge is 2.45. The minimum absolute atomic E-state index is 0.165. The molecule has 0 bridgehead atoms. The Morgan fingerprint density at radius 2 is 1.70 bits per heavy atom. The van der Waals surface area contributed by atoms with Crippen molar-refractivity contribution in [2.24, 2.45) is 5.41 Å². The standard InChI is InChI=1S/C15H20O7S/c1-19-12-3-5-13(6-4-12)22-23(17,18)11-15(14(16)20-2)7-9-21-10-8-15/h3-6H,7-11H2,1-2H3. The van der Waals surface area contributed by atoms with Crippen molar-refractivity contribution in [1.82, 2.24) is 0 Å². The van der Waals surface area contributed by atoms with Gasteiger partial charge in [-0.1, -0.05) is 0 Å². The molecule has 1 aliphatic heterocycles. The van der Waals surface area contributed by atoms with Crippen LogP contribution in [0.1, 0.15) is 12.8 Å². The highest BCUT2D eigenvalue weighted by molar-refractivity contribution is 7.87. The minimum atomic E-state index is -3.96. The number of esters is 1. The van der Waals surface area contributed by atoms with Crippen LogP contribution in [0.25, 0.3) is 0 Å². The Morgan fingerprint density at radius 3 is 2.22 bits per heavy atom. The maximum Gasteiger partial charge on any atom is 0.313 e. The van der Waals surface area contributed by atoms with Gasteiger partial charge in [0.25, 0.3) is 0 Å². The van der Waals surface area contributed by atoms with Gasteiger partial charge in [0, 0.05) is 13.2 Å². The molecule has 0 aliphatic carbocycles. The van der Waals surface area contributed by atoms with E-state index >= 15 is 0 Å². The van der Waals surface area contributed by atoms with Gasteiger partial charge < -0.3 is 18.4 Å². The number of rotatable bonds is 6. The fourth-order valence-corrected chi connectivity index (χ4v) is 4.08. The molecule has 1 aromatic rings. The molecule has 8 heteroatoms. The van der Waals surface area contributed by atoms with Gasteiger partial charge >= 0.3 is 16.1 Å². The SMILES string of the molecule is COC(=O)C1(CS(=O)(=O)Oc2ccc(OC)cc2)CCOCC1. The van der Waals surface area contributed by atoms with E-state index in [1.54, 1.807) is 12.1 Å². The third-order valence-electron chi connectivity index (χ3n) is 3.80. The van der Waals surface area contributed by atoms with E-state index in [2.05, 4.69) is 0 Å². The summed E-state index contributed by atoms with van der Waals surface area (Å²) in [5.74, 6) is -0.243. The van der Waals surface area contributed by atoms with E-state index in [0.29, 0.717) is 19.0 Å². The lowest BCUT2D eigenvalue weighted by Crippen LogP contribution is -2.44. The number of hydrogen-bond donors (Lipinski definition) is 0. The van der Waals surface area contributed by atoms with Gasteiger partial charge in [-0.05, 0) is 37.1 Å². The van der Waals surface area contributed by atoms with Crippen molar-refractivity contribution >= 4 is 16.1 Å². The van der Waals surface area contributed by atoms with Crippen molar-refractivity contribution in [2.75, 3.05) is 33.2 Å². The number of carbonyl (C=O) groups is 1. The third kappa shape index (κ3) is 4.35. The molecule has 0 spiro atoms. The zero-order valence-electron chi connectivity index (χ0n) is 13.1. The summed E-state index contributed by atoms with van der Waals surface area (Å²) in [7, 11) is -1.21. The zero-order chi connectivity index (χ0) is 16.9. The van der Waals surface area contributed by atoms with E-state index in [-0.39, 0.29) is 18.6 Å². The quantitative estimate of drug-likeness (QED) is 0.569. The molecule has 1 fully saturated rings. The molecule has 7 nitrogen and oxygen atoms in total. The molecular formula is C15H20O7S. The maximum atomic E-state index is 12.3. The highest BCUT2D eigenvalue weighted by atomic mass is 32.2. The Balaban J connectivity index is 2.15. The van der Waals surface area contributed by atoms with Crippen LogP contribution < -0.4 is 8.92 Å². The number of carbonyl (C=O) groups excluding carboxylic acids is 1. The molecule has 0 N–H and O–H groups in total. The minimum Gasteiger partial charge on any atom is -0.497 e. The first-order valence-corrected chi connectivity index (χ1v) is 8.71. The summed E-state index contributed by atoms with van der Waals surface area (Å²) in [6.07, 6.45) is 0.565. The molecule has 0 aromatic heterocycles. The first-order chi connectivity index (χ1) is 10.9. The Hall–Kier alpha value is -1.80. The van der Waals surface area contributed by atoms with Crippen LogP contribution in [0.15, 0.2) is 24.3 Å². The Morgan fingerprint density at radius 1 is 1.13 bits per heavy atom. The molecule has 0 radical (unpaired) electrons. The van der Waals surface area contributed by atoms with E-state index in [1.165, 1.54) is 26.4 Å². The van der Waals surface area contributed by atoms with E-state index in [9.17, 15) is 13.2 Å². The molecule has 128 valence electrons. The molecule has 1 heterocycles. The molecule has 2 rings (SSSR count). The van der Waals surface area contributed by atoms with E-state index in [4.69, 9.17) is 18.4 Å². The van der Waals surface area contributed by atoms with Gasteiger partial charge in [0.2, 0.25) is 0 Å². The van der Waals surface area contributed by atoms with Crippen molar-refractivity contribution in [2.45, 2.75) is 12.8 Å². The summed E-state index contributed by atoms with van der Waals surface area (Å²) in [6, 6.07) is 6.17. The lowest BCUT2D eigenvalue weighted by molar-refractivity contribution is -0.156. The Kier molecular flexibility index (Phi) is 5.48. The second-order valence-corrected chi connectivity index (χ2v) is 6.92. The summed E-state index contributed by atoms with van der Waals surface area (Å²) in [4.78, 5) is 12.1. The molecule has 1 aliphatic rings. The largest absolute Gasteiger partial charge is 0.497 e. The maximum absolute atomic E-state index is 12.3. The second kappa shape index (κ2) is 7.18.